The van der Waals surface area contributed by atoms with E-state index in [1.165, 1.54) is 0 Å². The molecule has 2 aromatic heterocycles. The Morgan fingerprint density at radius 1 is 1.15 bits per heavy atom. The van der Waals surface area contributed by atoms with Crippen LogP contribution >= 0.6 is 0 Å². The van der Waals surface area contributed by atoms with Crippen LogP contribution in [0.15, 0.2) is 30.3 Å². The summed E-state index contributed by atoms with van der Waals surface area (Å²) in [5.74, 6) is -0.397. The van der Waals surface area contributed by atoms with Gasteiger partial charge in [0.15, 0.2) is 0 Å². The van der Waals surface area contributed by atoms with Crippen molar-refractivity contribution in [1.82, 2.24) is 20.0 Å². The number of nitrogens with one attached hydrogen (secondary N) is 3. The van der Waals surface area contributed by atoms with Crippen LogP contribution in [0.4, 0.5) is 11.4 Å². The molecule has 3 N–H and O–H groups in total. The predicted molar refractivity (Wildman–Crippen MR) is 104 cm³/mol. The number of aromatic amines is 1. The van der Waals surface area contributed by atoms with E-state index in [0.717, 1.165) is 17.0 Å². The van der Waals surface area contributed by atoms with Crippen LogP contribution < -0.4 is 10.6 Å². The number of hydrogen-bond acceptors (Lipinski definition) is 4. The number of nitrogens with zero attached hydrogens (tertiary/aromatic N) is 3. The normalized spacial score (nSPS) is 10.7. The van der Waals surface area contributed by atoms with E-state index in [1.807, 2.05) is 20.9 Å². The van der Waals surface area contributed by atoms with Gasteiger partial charge in [-0.2, -0.15) is 10.2 Å². The quantitative estimate of drug-likeness (QED) is 0.645. The lowest BCUT2D eigenvalue weighted by Crippen LogP contribution is -2.13. The number of amides is 2. The molecule has 0 saturated heterocycles. The van der Waals surface area contributed by atoms with E-state index >= 15 is 0 Å². The summed E-state index contributed by atoms with van der Waals surface area (Å²) < 4.78 is 1.79. The van der Waals surface area contributed by atoms with E-state index in [4.69, 9.17) is 0 Å². The number of aryl methyl sites for hydroxylation is 2. The second-order valence-corrected chi connectivity index (χ2v) is 6.27. The van der Waals surface area contributed by atoms with Crippen LogP contribution in [0.3, 0.4) is 0 Å². The average molecular weight is 366 g/mol. The van der Waals surface area contributed by atoms with Gasteiger partial charge < -0.3 is 10.6 Å². The number of aromatic nitrogens is 4. The Labute approximate surface area is 157 Å². The summed E-state index contributed by atoms with van der Waals surface area (Å²) in [6.45, 7) is 5.65. The van der Waals surface area contributed by atoms with Gasteiger partial charge in [0.25, 0.3) is 5.91 Å². The Hall–Kier alpha value is -3.42. The number of H-pyrrole nitrogens is 1. The van der Waals surface area contributed by atoms with Gasteiger partial charge in [0.1, 0.15) is 5.69 Å². The zero-order valence-corrected chi connectivity index (χ0v) is 15.8. The maximum Gasteiger partial charge on any atom is 0.273 e. The monoisotopic (exact) mass is 366 g/mol. The Balaban J connectivity index is 1.77. The van der Waals surface area contributed by atoms with Crippen molar-refractivity contribution in [2.75, 3.05) is 10.6 Å². The highest BCUT2D eigenvalue weighted by molar-refractivity contribution is 6.04. The van der Waals surface area contributed by atoms with Gasteiger partial charge in [-0.15, -0.1) is 0 Å². The van der Waals surface area contributed by atoms with Gasteiger partial charge in [-0.1, -0.05) is 13.0 Å². The van der Waals surface area contributed by atoms with Crippen LogP contribution in [0, 0.1) is 13.8 Å². The Morgan fingerprint density at radius 2 is 1.85 bits per heavy atom. The molecule has 2 heterocycles. The minimum Gasteiger partial charge on any atom is -0.326 e. The molecular formula is C19H22N6O2. The number of anilines is 2. The van der Waals surface area contributed by atoms with Crippen molar-refractivity contribution in [2.45, 2.75) is 27.2 Å². The third-order valence-electron chi connectivity index (χ3n) is 4.31. The lowest BCUT2D eigenvalue weighted by atomic mass is 10.1. The molecule has 3 aromatic rings. The maximum absolute atomic E-state index is 12.5. The summed E-state index contributed by atoms with van der Waals surface area (Å²) in [4.78, 5) is 24.0. The molecule has 0 aliphatic heterocycles. The van der Waals surface area contributed by atoms with Gasteiger partial charge in [-0.25, -0.2) is 0 Å². The van der Waals surface area contributed by atoms with Gasteiger partial charge in [-0.3, -0.25) is 19.4 Å². The smallest absolute Gasteiger partial charge is 0.273 e. The van der Waals surface area contributed by atoms with Crippen LogP contribution in [-0.4, -0.2) is 31.8 Å². The van der Waals surface area contributed by atoms with Crippen molar-refractivity contribution in [1.29, 1.82) is 0 Å². The molecule has 8 nitrogen and oxygen atoms in total. The minimum absolute atomic E-state index is 0.0844. The second-order valence-electron chi connectivity index (χ2n) is 6.27. The summed E-state index contributed by atoms with van der Waals surface area (Å²) in [5, 5.41) is 17.0. The molecule has 3 rings (SSSR count). The molecule has 27 heavy (non-hydrogen) atoms. The van der Waals surface area contributed by atoms with Crippen molar-refractivity contribution in [3.8, 4) is 11.3 Å². The van der Waals surface area contributed by atoms with Crippen molar-refractivity contribution in [2.24, 2.45) is 7.05 Å². The molecule has 0 aliphatic carbocycles. The first kappa shape index (κ1) is 18.4. The highest BCUT2D eigenvalue weighted by Gasteiger charge is 2.17. The van der Waals surface area contributed by atoms with Gasteiger partial charge in [0.2, 0.25) is 5.91 Å². The molecule has 0 radical (unpaired) electrons. The van der Waals surface area contributed by atoms with Crippen LogP contribution in [0.2, 0.25) is 0 Å². The van der Waals surface area contributed by atoms with Crippen LogP contribution in [0.25, 0.3) is 11.3 Å². The van der Waals surface area contributed by atoms with Crippen molar-refractivity contribution < 1.29 is 9.59 Å². The van der Waals surface area contributed by atoms with Gasteiger partial charge >= 0.3 is 0 Å². The fraction of sp³-hybridized carbons (Fsp3) is 0.263. The van der Waals surface area contributed by atoms with E-state index in [-0.39, 0.29) is 11.8 Å². The molecule has 0 bridgehead atoms. The molecule has 2 amide bonds. The molecule has 1 aromatic carbocycles. The predicted octanol–water partition coefficient (Wildman–Crippen LogP) is 3.03. The second kappa shape index (κ2) is 7.45. The summed E-state index contributed by atoms with van der Waals surface area (Å²) in [6.07, 6.45) is 0.390. The number of carbonyl (C=O) groups excluding carboxylic acids is 2. The zero-order valence-electron chi connectivity index (χ0n) is 15.8. The Bertz CT molecular complexity index is 1000. The number of hydrogen-bond donors (Lipinski definition) is 3. The lowest BCUT2D eigenvalue weighted by Gasteiger charge is -2.07. The Kier molecular flexibility index (Phi) is 5.07. The van der Waals surface area contributed by atoms with E-state index in [2.05, 4.69) is 25.9 Å². The molecule has 0 aliphatic rings. The van der Waals surface area contributed by atoms with Crippen LogP contribution in [0.1, 0.15) is 35.2 Å². The Morgan fingerprint density at radius 3 is 2.48 bits per heavy atom. The van der Waals surface area contributed by atoms with Crippen LogP contribution in [-0.2, 0) is 11.8 Å². The highest BCUT2D eigenvalue weighted by atomic mass is 16.2. The maximum atomic E-state index is 12.5. The van der Waals surface area contributed by atoms with Crippen molar-refractivity contribution in [3.63, 3.8) is 0 Å². The third kappa shape index (κ3) is 3.89. The molecule has 0 atom stereocenters. The molecule has 0 unspecified atom stereocenters. The van der Waals surface area contributed by atoms with E-state index < -0.39 is 0 Å². The van der Waals surface area contributed by atoms with Crippen molar-refractivity contribution in [3.05, 3.63) is 47.4 Å². The zero-order chi connectivity index (χ0) is 19.6. The van der Waals surface area contributed by atoms with Crippen molar-refractivity contribution >= 4 is 23.2 Å². The SMILES string of the molecule is CCC(=O)Nc1cccc(NC(=O)c2cc(-c3c(C)nn(C)c3C)n[nH]2)c1. The first-order valence-corrected chi connectivity index (χ1v) is 8.66. The number of rotatable bonds is 5. The van der Waals surface area contributed by atoms with Gasteiger partial charge in [0.05, 0.1) is 11.4 Å². The fourth-order valence-corrected chi connectivity index (χ4v) is 2.83. The first-order valence-electron chi connectivity index (χ1n) is 8.66. The van der Waals surface area contributed by atoms with E-state index in [0.29, 0.717) is 29.2 Å². The summed E-state index contributed by atoms with van der Waals surface area (Å²) in [7, 11) is 1.87. The van der Waals surface area contributed by atoms with E-state index in [9.17, 15) is 9.59 Å². The number of carbonyl (C=O) groups is 2. The topological polar surface area (TPSA) is 105 Å². The van der Waals surface area contributed by atoms with E-state index in [1.54, 1.807) is 41.9 Å². The van der Waals surface area contributed by atoms with Gasteiger partial charge in [-0.05, 0) is 38.1 Å². The molecule has 140 valence electrons. The molecule has 0 spiro atoms. The largest absolute Gasteiger partial charge is 0.326 e. The molecule has 0 saturated carbocycles. The van der Waals surface area contributed by atoms with Gasteiger partial charge in [0, 0.05) is 36.1 Å². The van der Waals surface area contributed by atoms with Crippen LogP contribution in [0.5, 0.6) is 0 Å². The summed E-state index contributed by atoms with van der Waals surface area (Å²) in [6, 6.07) is 8.70. The highest BCUT2D eigenvalue weighted by Crippen LogP contribution is 2.25. The minimum atomic E-state index is -0.313. The molecule has 8 heteroatoms. The molecular weight excluding hydrogens is 344 g/mol. The third-order valence-corrected chi connectivity index (χ3v) is 4.31. The average Bonchev–Trinajstić information content (AvgIpc) is 3.20. The summed E-state index contributed by atoms with van der Waals surface area (Å²) >= 11 is 0. The lowest BCUT2D eigenvalue weighted by molar-refractivity contribution is -0.115. The standard InChI is InChI=1S/C19H22N6O2/c1-5-17(26)20-13-7-6-8-14(9-13)21-19(27)16-10-15(22-23-16)18-11(2)24-25(4)12(18)3/h6-10H,5H2,1-4H3,(H,20,26)(H,21,27)(H,22,23). The number of benzene rings is 1. The summed E-state index contributed by atoms with van der Waals surface area (Å²) in [5.41, 5.74) is 4.98. The fourth-order valence-electron chi connectivity index (χ4n) is 2.83. The first-order chi connectivity index (χ1) is 12.9. The molecule has 0 fully saturated rings.